The van der Waals surface area contributed by atoms with Gasteiger partial charge in [0.25, 0.3) is 0 Å². The van der Waals surface area contributed by atoms with Gasteiger partial charge in [-0.2, -0.15) is 0 Å². The molecule has 1 aliphatic carbocycles. The van der Waals surface area contributed by atoms with E-state index in [0.717, 1.165) is 35.1 Å². The fourth-order valence-electron chi connectivity index (χ4n) is 3.62. The number of fused-ring (bicyclic) bond motifs is 4. The lowest BCUT2D eigenvalue weighted by Crippen LogP contribution is -2.02. The Balaban J connectivity index is 1.54. The van der Waals surface area contributed by atoms with Crippen LogP contribution in [-0.2, 0) is 12.8 Å². The molecule has 5 rings (SSSR count). The van der Waals surface area contributed by atoms with Crippen LogP contribution in [0.15, 0.2) is 60.7 Å². The van der Waals surface area contributed by atoms with Gasteiger partial charge in [0.15, 0.2) is 5.13 Å². The molecule has 0 atom stereocenters. The van der Waals surface area contributed by atoms with Crippen LogP contribution in [-0.4, -0.2) is 12.1 Å². The Morgan fingerprint density at radius 3 is 2.81 bits per heavy atom. The third-order valence-corrected chi connectivity index (χ3v) is 5.95. The molecule has 26 heavy (non-hydrogen) atoms. The monoisotopic (exact) mass is 358 g/mol. The summed E-state index contributed by atoms with van der Waals surface area (Å²) in [4.78, 5) is 6.27. The molecular weight excluding hydrogens is 340 g/mol. The molecule has 0 fully saturated rings. The van der Waals surface area contributed by atoms with E-state index in [2.05, 4.69) is 59.9 Å². The highest BCUT2D eigenvalue weighted by molar-refractivity contribution is 7.16. The lowest BCUT2D eigenvalue weighted by molar-refractivity contribution is 0.414. The fourth-order valence-corrected chi connectivity index (χ4v) is 4.61. The van der Waals surface area contributed by atoms with Crippen LogP contribution in [0.4, 0.5) is 10.8 Å². The standard InChI is InChI=1S/C22H18N2OS/c1-25-16-10-11-18-15(13-16)9-12-20-21(18)24-22(26-20)23-19-8-4-6-14-5-2-3-7-17(14)19/h2-8,10-11,13H,9,12H2,1H3,(H,23,24). The number of rotatable bonds is 3. The van der Waals surface area contributed by atoms with Crippen LogP contribution < -0.4 is 10.1 Å². The maximum Gasteiger partial charge on any atom is 0.187 e. The van der Waals surface area contributed by atoms with Gasteiger partial charge in [-0.05, 0) is 48.1 Å². The molecule has 1 heterocycles. The van der Waals surface area contributed by atoms with Crippen molar-refractivity contribution in [3.8, 4) is 17.0 Å². The molecule has 0 unspecified atom stereocenters. The van der Waals surface area contributed by atoms with E-state index in [9.17, 15) is 0 Å². The molecule has 0 aliphatic heterocycles. The molecule has 0 radical (unpaired) electrons. The summed E-state index contributed by atoms with van der Waals surface area (Å²) in [6, 6.07) is 21.0. The van der Waals surface area contributed by atoms with Crippen molar-refractivity contribution in [2.75, 3.05) is 12.4 Å². The molecule has 128 valence electrons. The van der Waals surface area contributed by atoms with Gasteiger partial charge in [-0.1, -0.05) is 36.4 Å². The largest absolute Gasteiger partial charge is 0.497 e. The number of benzene rings is 3. The first-order valence-corrected chi connectivity index (χ1v) is 9.55. The molecule has 1 aromatic heterocycles. The average Bonchev–Trinajstić information content (AvgIpc) is 3.11. The molecule has 3 nitrogen and oxygen atoms in total. The Morgan fingerprint density at radius 1 is 1.00 bits per heavy atom. The van der Waals surface area contributed by atoms with Crippen molar-refractivity contribution in [2.24, 2.45) is 0 Å². The smallest absolute Gasteiger partial charge is 0.187 e. The van der Waals surface area contributed by atoms with Crippen molar-refractivity contribution in [1.29, 1.82) is 0 Å². The maximum absolute atomic E-state index is 5.36. The van der Waals surface area contributed by atoms with Gasteiger partial charge < -0.3 is 10.1 Å². The molecule has 1 aliphatic rings. The highest BCUT2D eigenvalue weighted by Gasteiger charge is 2.21. The number of aryl methyl sites for hydroxylation is 2. The molecule has 4 aromatic rings. The zero-order chi connectivity index (χ0) is 17.5. The van der Waals surface area contributed by atoms with Crippen molar-refractivity contribution in [3.63, 3.8) is 0 Å². The zero-order valence-electron chi connectivity index (χ0n) is 14.5. The predicted octanol–water partition coefficient (Wildman–Crippen LogP) is 5.81. The second kappa shape index (κ2) is 6.15. The number of hydrogen-bond donors (Lipinski definition) is 1. The van der Waals surface area contributed by atoms with E-state index in [1.165, 1.54) is 26.8 Å². The number of anilines is 2. The van der Waals surface area contributed by atoms with Gasteiger partial charge >= 0.3 is 0 Å². The maximum atomic E-state index is 5.36. The van der Waals surface area contributed by atoms with E-state index in [-0.39, 0.29) is 0 Å². The van der Waals surface area contributed by atoms with E-state index in [1.807, 2.05) is 6.07 Å². The van der Waals surface area contributed by atoms with Crippen molar-refractivity contribution in [2.45, 2.75) is 12.8 Å². The first-order valence-electron chi connectivity index (χ1n) is 8.73. The summed E-state index contributed by atoms with van der Waals surface area (Å²) in [6.45, 7) is 0. The van der Waals surface area contributed by atoms with Crippen LogP contribution in [0, 0.1) is 0 Å². The zero-order valence-corrected chi connectivity index (χ0v) is 15.3. The number of nitrogens with zero attached hydrogens (tertiary/aromatic N) is 1. The molecule has 0 amide bonds. The first kappa shape index (κ1) is 15.4. The van der Waals surface area contributed by atoms with E-state index < -0.39 is 0 Å². The highest BCUT2D eigenvalue weighted by atomic mass is 32.1. The Kier molecular flexibility index (Phi) is 3.64. The number of ether oxygens (including phenoxy) is 1. The summed E-state index contributed by atoms with van der Waals surface area (Å²) in [5, 5.41) is 6.94. The SMILES string of the molecule is COc1ccc2c(c1)CCc1sc(Nc3cccc4ccccc34)nc1-2. The van der Waals surface area contributed by atoms with Gasteiger partial charge in [0, 0.05) is 21.5 Å². The summed E-state index contributed by atoms with van der Waals surface area (Å²) in [7, 11) is 1.71. The summed E-state index contributed by atoms with van der Waals surface area (Å²) in [5.41, 5.74) is 4.76. The van der Waals surface area contributed by atoms with Gasteiger partial charge in [-0.3, -0.25) is 0 Å². The number of methoxy groups -OCH3 is 1. The third-order valence-electron chi connectivity index (χ3n) is 4.92. The Morgan fingerprint density at radius 2 is 1.88 bits per heavy atom. The quantitative estimate of drug-likeness (QED) is 0.501. The molecular formula is C22H18N2OS. The predicted molar refractivity (Wildman–Crippen MR) is 109 cm³/mol. The normalized spacial score (nSPS) is 12.5. The molecule has 0 bridgehead atoms. The fraction of sp³-hybridized carbons (Fsp3) is 0.136. The molecule has 0 saturated heterocycles. The topological polar surface area (TPSA) is 34.1 Å². The number of thiazole rings is 1. The minimum atomic E-state index is 0.913. The second-order valence-corrected chi connectivity index (χ2v) is 7.55. The average molecular weight is 358 g/mol. The third kappa shape index (κ3) is 2.54. The van der Waals surface area contributed by atoms with E-state index in [1.54, 1.807) is 18.4 Å². The van der Waals surface area contributed by atoms with Gasteiger partial charge in [-0.15, -0.1) is 11.3 Å². The molecule has 3 aromatic carbocycles. The summed E-state index contributed by atoms with van der Waals surface area (Å²) < 4.78 is 5.36. The molecule has 1 N–H and O–H groups in total. The van der Waals surface area contributed by atoms with Crippen LogP contribution in [0.1, 0.15) is 10.4 Å². The molecule has 0 spiro atoms. The number of nitrogens with one attached hydrogen (secondary N) is 1. The van der Waals surface area contributed by atoms with Crippen molar-refractivity contribution in [3.05, 3.63) is 71.1 Å². The van der Waals surface area contributed by atoms with E-state index in [4.69, 9.17) is 9.72 Å². The van der Waals surface area contributed by atoms with Crippen LogP contribution in [0.25, 0.3) is 22.0 Å². The van der Waals surface area contributed by atoms with Crippen LogP contribution in [0.5, 0.6) is 5.75 Å². The van der Waals surface area contributed by atoms with Crippen LogP contribution in [0.2, 0.25) is 0 Å². The Bertz CT molecular complexity index is 1110. The van der Waals surface area contributed by atoms with Crippen LogP contribution in [0.3, 0.4) is 0 Å². The van der Waals surface area contributed by atoms with Crippen molar-refractivity contribution < 1.29 is 4.74 Å². The Hall–Kier alpha value is -2.85. The van der Waals surface area contributed by atoms with Gasteiger partial charge in [0.05, 0.1) is 12.8 Å². The van der Waals surface area contributed by atoms with Crippen LogP contribution >= 0.6 is 11.3 Å². The van der Waals surface area contributed by atoms with Crippen molar-refractivity contribution >= 4 is 32.9 Å². The summed E-state index contributed by atoms with van der Waals surface area (Å²) in [6.07, 6.45) is 2.07. The Labute approximate surface area is 156 Å². The van der Waals surface area contributed by atoms with Gasteiger partial charge in [-0.25, -0.2) is 4.98 Å². The lowest BCUT2D eigenvalue weighted by atomic mass is 9.93. The molecule has 4 heteroatoms. The number of hydrogen-bond acceptors (Lipinski definition) is 4. The molecule has 0 saturated carbocycles. The van der Waals surface area contributed by atoms with Gasteiger partial charge in [0.1, 0.15) is 5.75 Å². The van der Waals surface area contributed by atoms with E-state index >= 15 is 0 Å². The lowest BCUT2D eigenvalue weighted by Gasteiger charge is -2.15. The van der Waals surface area contributed by atoms with E-state index in [0.29, 0.717) is 0 Å². The summed E-state index contributed by atoms with van der Waals surface area (Å²) in [5.74, 6) is 0.913. The minimum absolute atomic E-state index is 0.913. The van der Waals surface area contributed by atoms with Crippen molar-refractivity contribution in [1.82, 2.24) is 4.98 Å². The second-order valence-electron chi connectivity index (χ2n) is 6.47. The minimum Gasteiger partial charge on any atom is -0.497 e. The van der Waals surface area contributed by atoms with Gasteiger partial charge in [0.2, 0.25) is 0 Å². The first-order chi connectivity index (χ1) is 12.8. The highest BCUT2D eigenvalue weighted by Crippen LogP contribution is 2.40. The summed E-state index contributed by atoms with van der Waals surface area (Å²) >= 11 is 1.76. The number of aromatic nitrogens is 1.